The molecule has 0 aliphatic heterocycles. The Kier molecular flexibility index (Phi) is 8.59. The van der Waals surface area contributed by atoms with Crippen molar-refractivity contribution in [3.05, 3.63) is 71.0 Å². The van der Waals surface area contributed by atoms with Gasteiger partial charge in [0.15, 0.2) is 5.96 Å². The summed E-state index contributed by atoms with van der Waals surface area (Å²) in [7, 11) is 1.62. The van der Waals surface area contributed by atoms with Crippen LogP contribution < -0.4 is 10.6 Å². The van der Waals surface area contributed by atoms with E-state index in [0.717, 1.165) is 11.6 Å². The number of guanidine groups is 1. The van der Waals surface area contributed by atoms with E-state index >= 15 is 0 Å². The first kappa shape index (κ1) is 20.3. The second-order valence-corrected chi connectivity index (χ2v) is 4.96. The Morgan fingerprint density at radius 3 is 2.25 bits per heavy atom. The average molecular weight is 449 g/mol. The molecule has 0 saturated heterocycles. The van der Waals surface area contributed by atoms with Crippen LogP contribution in [0.25, 0.3) is 0 Å². The molecule has 130 valence electrons. The second kappa shape index (κ2) is 10.2. The Labute approximate surface area is 156 Å². The minimum atomic E-state index is -0.587. The Bertz CT molecular complexity index is 675. The van der Waals surface area contributed by atoms with Gasteiger partial charge in [-0.1, -0.05) is 18.2 Å². The average Bonchev–Trinajstić information content (AvgIpc) is 2.54. The lowest BCUT2D eigenvalue weighted by atomic mass is 10.1. The van der Waals surface area contributed by atoms with Crippen molar-refractivity contribution in [2.45, 2.75) is 13.0 Å². The third-order valence-corrected chi connectivity index (χ3v) is 3.30. The van der Waals surface area contributed by atoms with Crippen molar-refractivity contribution in [1.29, 1.82) is 0 Å². The molecule has 24 heavy (non-hydrogen) atoms. The van der Waals surface area contributed by atoms with Gasteiger partial charge >= 0.3 is 0 Å². The molecule has 0 saturated carbocycles. The molecule has 2 aromatic rings. The summed E-state index contributed by atoms with van der Waals surface area (Å²) in [6.45, 7) is 0.941. The molecule has 2 aromatic carbocycles. The zero-order valence-electron chi connectivity index (χ0n) is 13.2. The first-order valence-electron chi connectivity index (χ1n) is 7.21. The van der Waals surface area contributed by atoms with E-state index in [0.29, 0.717) is 31.0 Å². The van der Waals surface area contributed by atoms with Crippen molar-refractivity contribution < 1.29 is 13.2 Å². The van der Waals surface area contributed by atoms with Crippen molar-refractivity contribution in [3.8, 4) is 0 Å². The smallest absolute Gasteiger partial charge is 0.191 e. The number of halogens is 4. The fraction of sp³-hybridized carbons (Fsp3) is 0.235. The van der Waals surface area contributed by atoms with Crippen LogP contribution in [0.5, 0.6) is 0 Å². The van der Waals surface area contributed by atoms with Crippen molar-refractivity contribution >= 4 is 29.9 Å². The Balaban J connectivity index is 0.00000288. The minimum Gasteiger partial charge on any atom is -0.356 e. The summed E-state index contributed by atoms with van der Waals surface area (Å²) < 4.78 is 39.2. The first-order valence-corrected chi connectivity index (χ1v) is 7.21. The molecule has 3 nitrogen and oxygen atoms in total. The summed E-state index contributed by atoms with van der Waals surface area (Å²) in [5.74, 6) is -0.869. The molecular weight excluding hydrogens is 430 g/mol. The molecule has 0 aliphatic rings. The van der Waals surface area contributed by atoms with Gasteiger partial charge in [0, 0.05) is 26.2 Å². The van der Waals surface area contributed by atoms with E-state index in [4.69, 9.17) is 0 Å². The molecule has 0 unspecified atom stereocenters. The van der Waals surface area contributed by atoms with Gasteiger partial charge in [-0.3, -0.25) is 4.99 Å². The molecule has 7 heteroatoms. The van der Waals surface area contributed by atoms with E-state index in [-0.39, 0.29) is 29.8 Å². The summed E-state index contributed by atoms with van der Waals surface area (Å²) in [4.78, 5) is 4.05. The highest BCUT2D eigenvalue weighted by Gasteiger charge is 2.04. The number of nitrogens with zero attached hydrogens (tertiary/aromatic N) is 1. The highest BCUT2D eigenvalue weighted by molar-refractivity contribution is 14.0. The third kappa shape index (κ3) is 6.38. The fourth-order valence-electron chi connectivity index (χ4n) is 2.05. The lowest BCUT2D eigenvalue weighted by Gasteiger charge is -2.12. The van der Waals surface area contributed by atoms with Gasteiger partial charge in [-0.25, -0.2) is 13.2 Å². The number of hydrogen-bond acceptors (Lipinski definition) is 1. The number of aliphatic imine (C=N–C) groups is 1. The van der Waals surface area contributed by atoms with Crippen LogP contribution >= 0.6 is 24.0 Å². The predicted octanol–water partition coefficient (Wildman–Crippen LogP) is 3.63. The van der Waals surface area contributed by atoms with Crippen LogP contribution in [0.4, 0.5) is 13.2 Å². The molecule has 0 atom stereocenters. The summed E-state index contributed by atoms with van der Waals surface area (Å²) in [6, 6.07) is 9.69. The maximum atomic E-state index is 13.5. The van der Waals surface area contributed by atoms with Crippen LogP contribution in [0, 0.1) is 17.5 Å². The highest BCUT2D eigenvalue weighted by Crippen LogP contribution is 2.09. The van der Waals surface area contributed by atoms with Gasteiger partial charge in [-0.2, -0.15) is 0 Å². The molecule has 0 aromatic heterocycles. The zero-order valence-corrected chi connectivity index (χ0v) is 15.5. The van der Waals surface area contributed by atoms with E-state index in [2.05, 4.69) is 15.6 Å². The maximum Gasteiger partial charge on any atom is 0.191 e. The SMILES string of the molecule is CN=C(NCCc1ccc(F)cc1F)NCc1ccc(F)cc1.I. The molecule has 0 bridgehead atoms. The predicted molar refractivity (Wildman–Crippen MR) is 100 cm³/mol. The van der Waals surface area contributed by atoms with E-state index in [1.807, 2.05) is 0 Å². The second-order valence-electron chi connectivity index (χ2n) is 4.96. The van der Waals surface area contributed by atoms with Crippen molar-refractivity contribution in [2.24, 2.45) is 4.99 Å². The van der Waals surface area contributed by atoms with Crippen molar-refractivity contribution in [3.63, 3.8) is 0 Å². The lowest BCUT2D eigenvalue weighted by Crippen LogP contribution is -2.37. The van der Waals surface area contributed by atoms with Crippen molar-refractivity contribution in [1.82, 2.24) is 10.6 Å². The summed E-state index contributed by atoms with van der Waals surface area (Å²) in [6.07, 6.45) is 0.406. The summed E-state index contributed by atoms with van der Waals surface area (Å²) >= 11 is 0. The quantitative estimate of drug-likeness (QED) is 0.416. The van der Waals surface area contributed by atoms with E-state index in [9.17, 15) is 13.2 Å². The van der Waals surface area contributed by atoms with Gasteiger partial charge in [0.05, 0.1) is 0 Å². The van der Waals surface area contributed by atoms with Crippen LogP contribution in [-0.2, 0) is 13.0 Å². The van der Waals surface area contributed by atoms with Crippen LogP contribution in [-0.4, -0.2) is 19.6 Å². The van der Waals surface area contributed by atoms with Gasteiger partial charge in [0.2, 0.25) is 0 Å². The van der Waals surface area contributed by atoms with E-state index in [1.54, 1.807) is 19.2 Å². The number of nitrogens with one attached hydrogen (secondary N) is 2. The van der Waals surface area contributed by atoms with Crippen LogP contribution in [0.3, 0.4) is 0 Å². The lowest BCUT2D eigenvalue weighted by molar-refractivity contribution is 0.570. The number of rotatable bonds is 5. The largest absolute Gasteiger partial charge is 0.356 e. The fourth-order valence-corrected chi connectivity index (χ4v) is 2.05. The van der Waals surface area contributed by atoms with Gasteiger partial charge in [0.1, 0.15) is 17.5 Å². The summed E-state index contributed by atoms with van der Waals surface area (Å²) in [5, 5.41) is 6.12. The number of hydrogen-bond donors (Lipinski definition) is 2. The topological polar surface area (TPSA) is 36.4 Å². The monoisotopic (exact) mass is 449 g/mol. The van der Waals surface area contributed by atoms with Crippen LogP contribution in [0.15, 0.2) is 47.5 Å². The highest BCUT2D eigenvalue weighted by atomic mass is 127. The summed E-state index contributed by atoms with van der Waals surface area (Å²) in [5.41, 5.74) is 1.35. The van der Waals surface area contributed by atoms with E-state index < -0.39 is 11.6 Å². The Hall–Kier alpha value is -1.77. The normalized spacial score (nSPS) is 10.9. The molecular formula is C17H19F3IN3. The molecule has 0 heterocycles. The third-order valence-electron chi connectivity index (χ3n) is 3.30. The first-order chi connectivity index (χ1) is 11.1. The van der Waals surface area contributed by atoms with Gasteiger partial charge in [0.25, 0.3) is 0 Å². The Morgan fingerprint density at radius 1 is 0.958 bits per heavy atom. The molecule has 0 amide bonds. The Morgan fingerprint density at radius 2 is 1.62 bits per heavy atom. The molecule has 0 aliphatic carbocycles. The standard InChI is InChI=1S/C17H18F3N3.HI/c1-21-17(23-11-12-2-5-14(18)6-3-12)22-9-8-13-4-7-15(19)10-16(13)20;/h2-7,10H,8-9,11H2,1H3,(H2,21,22,23);1H. The molecule has 0 fully saturated rings. The van der Waals surface area contributed by atoms with E-state index in [1.165, 1.54) is 24.3 Å². The zero-order chi connectivity index (χ0) is 16.7. The van der Waals surface area contributed by atoms with Crippen LogP contribution in [0.2, 0.25) is 0 Å². The molecule has 2 rings (SSSR count). The van der Waals surface area contributed by atoms with Gasteiger partial charge in [-0.05, 0) is 35.7 Å². The molecule has 0 spiro atoms. The number of benzene rings is 2. The minimum absolute atomic E-state index is 0. The molecule has 0 radical (unpaired) electrons. The van der Waals surface area contributed by atoms with Crippen LogP contribution in [0.1, 0.15) is 11.1 Å². The maximum absolute atomic E-state index is 13.5. The molecule has 2 N–H and O–H groups in total. The van der Waals surface area contributed by atoms with Crippen molar-refractivity contribution in [2.75, 3.05) is 13.6 Å². The van der Waals surface area contributed by atoms with Gasteiger partial charge < -0.3 is 10.6 Å². The van der Waals surface area contributed by atoms with Gasteiger partial charge in [-0.15, -0.1) is 24.0 Å².